The lowest BCUT2D eigenvalue weighted by Gasteiger charge is -2.40. The molecule has 2 aromatic rings. The minimum atomic E-state index is -0.812. The van der Waals surface area contributed by atoms with E-state index in [1.54, 1.807) is 18.5 Å². The Morgan fingerprint density at radius 1 is 1.19 bits per heavy atom. The molecule has 1 aromatic carbocycles. The molecule has 2 saturated heterocycles. The number of likely N-dealkylation sites (tertiary alicyclic amines) is 2. The zero-order chi connectivity index (χ0) is 18.1. The van der Waals surface area contributed by atoms with Crippen LogP contribution in [0.5, 0.6) is 0 Å². The number of piperidine rings is 1. The number of nitrogens with zero attached hydrogens (tertiary/aromatic N) is 3. The lowest BCUT2D eigenvalue weighted by atomic mass is 9.79. The number of amides is 1. The van der Waals surface area contributed by atoms with Gasteiger partial charge in [0.25, 0.3) is 5.91 Å². The molecule has 0 radical (unpaired) electrons. The molecule has 138 valence electrons. The van der Waals surface area contributed by atoms with E-state index in [1.807, 2.05) is 4.90 Å². The molecule has 0 bridgehead atoms. The third-order valence-electron chi connectivity index (χ3n) is 5.60. The van der Waals surface area contributed by atoms with Gasteiger partial charge < -0.3 is 4.90 Å². The largest absolute Gasteiger partial charge is 0.338 e. The molecule has 4 rings (SSSR count). The Balaban J connectivity index is 1.41. The third-order valence-corrected chi connectivity index (χ3v) is 5.60. The number of carbonyl (C=O) groups is 1. The number of hydrogen-bond donors (Lipinski definition) is 1. The van der Waals surface area contributed by atoms with Gasteiger partial charge in [-0.2, -0.15) is 5.10 Å². The summed E-state index contributed by atoms with van der Waals surface area (Å²) in [5.74, 6) is -1.59. The second-order valence-electron chi connectivity index (χ2n) is 7.53. The van der Waals surface area contributed by atoms with Crippen LogP contribution < -0.4 is 0 Å². The fourth-order valence-electron chi connectivity index (χ4n) is 4.33. The summed E-state index contributed by atoms with van der Waals surface area (Å²) >= 11 is 0. The summed E-state index contributed by atoms with van der Waals surface area (Å²) in [6.07, 6.45) is 6.31. The summed E-state index contributed by atoms with van der Waals surface area (Å²) in [6.45, 7) is 3.92. The highest BCUT2D eigenvalue weighted by Crippen LogP contribution is 2.39. The molecule has 1 aromatic heterocycles. The number of rotatable bonds is 3. The van der Waals surface area contributed by atoms with E-state index in [9.17, 15) is 13.6 Å². The van der Waals surface area contributed by atoms with E-state index in [4.69, 9.17) is 0 Å². The van der Waals surface area contributed by atoms with E-state index in [-0.39, 0.29) is 11.3 Å². The summed E-state index contributed by atoms with van der Waals surface area (Å²) in [6, 6.07) is 4.11. The fraction of sp³-hybridized carbons (Fsp3) is 0.474. The van der Waals surface area contributed by atoms with Crippen LogP contribution in [0.4, 0.5) is 8.78 Å². The zero-order valence-corrected chi connectivity index (χ0v) is 14.5. The van der Waals surface area contributed by atoms with E-state index < -0.39 is 11.6 Å². The topological polar surface area (TPSA) is 52.2 Å². The Kier molecular flexibility index (Phi) is 4.48. The van der Waals surface area contributed by atoms with Crippen molar-refractivity contribution in [2.45, 2.75) is 25.8 Å². The molecule has 1 N–H and O–H groups in total. The number of benzene rings is 1. The van der Waals surface area contributed by atoms with E-state index in [0.29, 0.717) is 12.1 Å². The van der Waals surface area contributed by atoms with Gasteiger partial charge in [0.1, 0.15) is 0 Å². The Labute approximate surface area is 151 Å². The van der Waals surface area contributed by atoms with Crippen molar-refractivity contribution < 1.29 is 13.6 Å². The van der Waals surface area contributed by atoms with Crippen LogP contribution in [0.15, 0.2) is 30.6 Å². The normalized spacial score (nSPS) is 23.7. The zero-order valence-electron chi connectivity index (χ0n) is 14.5. The number of aromatic amines is 1. The van der Waals surface area contributed by atoms with Gasteiger partial charge in [0.2, 0.25) is 0 Å². The van der Waals surface area contributed by atoms with Crippen LogP contribution in [0, 0.1) is 17.0 Å². The van der Waals surface area contributed by atoms with E-state index >= 15 is 0 Å². The van der Waals surface area contributed by atoms with Gasteiger partial charge >= 0.3 is 0 Å². The molecular formula is C19H22F2N4O. The molecule has 1 spiro atoms. The first-order valence-corrected chi connectivity index (χ1v) is 8.99. The maximum Gasteiger partial charge on any atom is 0.257 e. The number of H-pyrrole nitrogens is 1. The van der Waals surface area contributed by atoms with Gasteiger partial charge in [-0.25, -0.2) is 8.78 Å². The second-order valence-corrected chi connectivity index (χ2v) is 7.53. The Bertz CT molecular complexity index is 795. The molecule has 0 aliphatic carbocycles. The van der Waals surface area contributed by atoms with Gasteiger partial charge in [0.05, 0.1) is 11.8 Å². The molecule has 3 heterocycles. The Morgan fingerprint density at radius 2 is 2.08 bits per heavy atom. The van der Waals surface area contributed by atoms with Crippen molar-refractivity contribution >= 4 is 5.91 Å². The van der Waals surface area contributed by atoms with E-state index in [2.05, 4.69) is 15.1 Å². The number of hydrogen-bond acceptors (Lipinski definition) is 3. The van der Waals surface area contributed by atoms with Crippen LogP contribution in [0.1, 0.15) is 35.2 Å². The van der Waals surface area contributed by atoms with Gasteiger partial charge in [-0.3, -0.25) is 14.8 Å². The molecule has 0 saturated carbocycles. The van der Waals surface area contributed by atoms with Crippen molar-refractivity contribution in [3.05, 3.63) is 53.4 Å². The van der Waals surface area contributed by atoms with Gasteiger partial charge in [-0.1, -0.05) is 6.07 Å². The Hall–Kier alpha value is -2.28. The van der Waals surface area contributed by atoms with Crippen LogP contribution in [0.25, 0.3) is 0 Å². The Morgan fingerprint density at radius 3 is 2.85 bits per heavy atom. The minimum absolute atomic E-state index is 0.0216. The molecule has 1 amide bonds. The van der Waals surface area contributed by atoms with Crippen molar-refractivity contribution in [2.75, 3.05) is 26.2 Å². The number of nitrogens with one attached hydrogen (secondary N) is 1. The average molecular weight is 360 g/mol. The predicted molar refractivity (Wildman–Crippen MR) is 92.4 cm³/mol. The van der Waals surface area contributed by atoms with Gasteiger partial charge in [-0.15, -0.1) is 0 Å². The molecule has 1 unspecified atom stereocenters. The fourth-order valence-corrected chi connectivity index (χ4v) is 4.33. The summed E-state index contributed by atoms with van der Waals surface area (Å²) in [7, 11) is 0. The van der Waals surface area contributed by atoms with E-state index in [0.717, 1.165) is 51.0 Å². The van der Waals surface area contributed by atoms with Crippen molar-refractivity contribution in [3.8, 4) is 0 Å². The summed E-state index contributed by atoms with van der Waals surface area (Å²) < 4.78 is 26.6. The molecule has 2 fully saturated rings. The second kappa shape index (κ2) is 6.79. The van der Waals surface area contributed by atoms with Crippen molar-refractivity contribution in [1.29, 1.82) is 0 Å². The van der Waals surface area contributed by atoms with Gasteiger partial charge in [-0.05, 0) is 43.5 Å². The number of halogens is 2. The molecule has 5 nitrogen and oxygen atoms in total. The SMILES string of the molecule is O=C(c1cn[nH]c1)N1CCC2(CCCN(Cc3ccc(F)c(F)c3)C2)C1. The van der Waals surface area contributed by atoms with Crippen LogP contribution in [0.2, 0.25) is 0 Å². The van der Waals surface area contributed by atoms with Gasteiger partial charge in [0, 0.05) is 37.8 Å². The third kappa shape index (κ3) is 3.35. The van der Waals surface area contributed by atoms with Crippen molar-refractivity contribution in [3.63, 3.8) is 0 Å². The first kappa shape index (κ1) is 17.1. The average Bonchev–Trinajstić information content (AvgIpc) is 3.28. The number of aromatic nitrogens is 2. The highest BCUT2D eigenvalue weighted by molar-refractivity contribution is 5.93. The molecular weight excluding hydrogens is 338 g/mol. The van der Waals surface area contributed by atoms with E-state index in [1.165, 1.54) is 12.1 Å². The first-order chi connectivity index (χ1) is 12.5. The van der Waals surface area contributed by atoms with Gasteiger partial charge in [0.15, 0.2) is 11.6 Å². The van der Waals surface area contributed by atoms with Crippen LogP contribution in [-0.2, 0) is 6.54 Å². The maximum absolute atomic E-state index is 13.5. The van der Waals surface area contributed by atoms with Crippen LogP contribution in [-0.4, -0.2) is 52.1 Å². The predicted octanol–water partition coefficient (Wildman–Crippen LogP) is 2.82. The quantitative estimate of drug-likeness (QED) is 0.916. The highest BCUT2D eigenvalue weighted by Gasteiger charge is 2.42. The summed E-state index contributed by atoms with van der Waals surface area (Å²) in [4.78, 5) is 16.8. The first-order valence-electron chi connectivity index (χ1n) is 8.99. The lowest BCUT2D eigenvalue weighted by Crippen LogP contribution is -2.45. The molecule has 1 atom stereocenters. The van der Waals surface area contributed by atoms with Crippen LogP contribution >= 0.6 is 0 Å². The molecule has 26 heavy (non-hydrogen) atoms. The van der Waals surface area contributed by atoms with Crippen LogP contribution in [0.3, 0.4) is 0 Å². The standard InChI is InChI=1S/C19H22F2N4O/c20-16-3-2-14(8-17(16)21)11-24-6-1-4-19(12-24)5-7-25(13-19)18(26)15-9-22-23-10-15/h2-3,8-10H,1,4-7,11-13H2,(H,22,23). The highest BCUT2D eigenvalue weighted by atomic mass is 19.2. The summed E-state index contributed by atoms with van der Waals surface area (Å²) in [5, 5.41) is 6.54. The number of carbonyl (C=O) groups excluding carboxylic acids is 1. The molecule has 2 aliphatic heterocycles. The monoisotopic (exact) mass is 360 g/mol. The van der Waals surface area contributed by atoms with Crippen molar-refractivity contribution in [1.82, 2.24) is 20.0 Å². The smallest absolute Gasteiger partial charge is 0.257 e. The maximum atomic E-state index is 13.5. The lowest BCUT2D eigenvalue weighted by molar-refractivity contribution is 0.0675. The minimum Gasteiger partial charge on any atom is -0.338 e. The summed E-state index contributed by atoms with van der Waals surface area (Å²) in [5.41, 5.74) is 1.47. The molecule has 2 aliphatic rings. The van der Waals surface area contributed by atoms with Crippen molar-refractivity contribution in [2.24, 2.45) is 5.41 Å². The molecule has 7 heteroatoms.